The number of likely N-dealkylation sites (tertiary alicyclic amines) is 1. The largest absolute Gasteiger partial charge is 0.492 e. The fourth-order valence-corrected chi connectivity index (χ4v) is 5.27. The Morgan fingerprint density at radius 1 is 1.21 bits per heavy atom. The molecule has 1 aromatic carbocycles. The van der Waals surface area contributed by atoms with E-state index in [9.17, 15) is 5.11 Å². The molecule has 1 aliphatic heterocycles. The van der Waals surface area contributed by atoms with E-state index in [-0.39, 0.29) is 11.9 Å². The monoisotopic (exact) mass is 428 g/mol. The lowest BCUT2D eigenvalue weighted by Gasteiger charge is -2.36. The van der Waals surface area contributed by atoms with E-state index in [4.69, 9.17) is 16.0 Å². The maximum absolute atomic E-state index is 11.1. The van der Waals surface area contributed by atoms with Crippen LogP contribution >= 0.6 is 22.9 Å². The number of fused-ring (bicyclic) bond motifs is 1. The second-order valence-electron chi connectivity index (χ2n) is 7.54. The number of hydrogen-bond donors (Lipinski definition) is 1. The Kier molecular flexibility index (Phi) is 4.81. The molecule has 0 bridgehead atoms. The molecule has 0 radical (unpaired) electrons. The summed E-state index contributed by atoms with van der Waals surface area (Å²) < 4.78 is 6.88. The van der Waals surface area contributed by atoms with Crippen LogP contribution < -0.4 is 0 Å². The van der Waals surface area contributed by atoms with Gasteiger partial charge in [-0.1, -0.05) is 48.1 Å². The summed E-state index contributed by atoms with van der Waals surface area (Å²) in [5, 5.41) is 16.2. The Balaban J connectivity index is 1.60. The van der Waals surface area contributed by atoms with Gasteiger partial charge in [-0.05, 0) is 55.6 Å². The van der Waals surface area contributed by atoms with E-state index in [2.05, 4.69) is 21.9 Å². The van der Waals surface area contributed by atoms with Crippen LogP contribution in [0.5, 0.6) is 5.88 Å². The van der Waals surface area contributed by atoms with E-state index in [1.165, 1.54) is 15.9 Å². The minimum atomic E-state index is -0.128. The number of hydrogen-bond acceptors (Lipinski definition) is 6. The lowest BCUT2D eigenvalue weighted by Crippen LogP contribution is -2.36. The van der Waals surface area contributed by atoms with Crippen LogP contribution in [0.25, 0.3) is 16.5 Å². The van der Waals surface area contributed by atoms with E-state index in [1.807, 2.05) is 24.3 Å². The van der Waals surface area contributed by atoms with Crippen LogP contribution in [0, 0.1) is 5.92 Å². The standard InChI is InChI=1S/C21H21ClN4O2S/c1-13-8-10-25(11-9-13)17(14-5-2-3-6-15(14)22)18-20(27)26-21(29-18)23-19(24-26)16-7-4-12-28-16/h2-7,12-13,17,27H,8-11H2,1H3/t17-/m1/s1. The third kappa shape index (κ3) is 3.33. The summed E-state index contributed by atoms with van der Waals surface area (Å²) in [5.41, 5.74) is 0.995. The number of aromatic nitrogens is 3. The van der Waals surface area contributed by atoms with E-state index >= 15 is 0 Å². The molecule has 150 valence electrons. The van der Waals surface area contributed by atoms with Gasteiger partial charge in [0.15, 0.2) is 5.76 Å². The molecule has 29 heavy (non-hydrogen) atoms. The van der Waals surface area contributed by atoms with Gasteiger partial charge in [-0.2, -0.15) is 9.50 Å². The fourth-order valence-electron chi connectivity index (χ4n) is 3.93. The molecule has 0 aliphatic carbocycles. The van der Waals surface area contributed by atoms with Crippen LogP contribution in [0.4, 0.5) is 0 Å². The second-order valence-corrected chi connectivity index (χ2v) is 8.96. The highest BCUT2D eigenvalue weighted by Crippen LogP contribution is 2.43. The van der Waals surface area contributed by atoms with Crippen molar-refractivity contribution in [1.82, 2.24) is 19.5 Å². The van der Waals surface area contributed by atoms with Gasteiger partial charge in [-0.3, -0.25) is 4.90 Å². The summed E-state index contributed by atoms with van der Waals surface area (Å²) >= 11 is 8.03. The third-order valence-corrected chi connectivity index (χ3v) is 6.99. The van der Waals surface area contributed by atoms with Crippen LogP contribution in [-0.4, -0.2) is 37.7 Å². The van der Waals surface area contributed by atoms with Crippen molar-refractivity contribution in [2.24, 2.45) is 5.92 Å². The minimum Gasteiger partial charge on any atom is -0.492 e. The molecule has 5 rings (SSSR count). The van der Waals surface area contributed by atoms with Crippen molar-refractivity contribution in [3.63, 3.8) is 0 Å². The maximum Gasteiger partial charge on any atom is 0.230 e. The second kappa shape index (κ2) is 7.48. The Labute approximate surface area is 177 Å². The predicted molar refractivity (Wildman–Crippen MR) is 113 cm³/mol. The van der Waals surface area contributed by atoms with Gasteiger partial charge in [0.25, 0.3) is 0 Å². The van der Waals surface area contributed by atoms with Crippen LogP contribution in [0.1, 0.15) is 36.2 Å². The number of piperidine rings is 1. The molecule has 3 aromatic heterocycles. The van der Waals surface area contributed by atoms with Gasteiger partial charge in [-0.15, -0.1) is 5.10 Å². The van der Waals surface area contributed by atoms with Crippen molar-refractivity contribution in [3.8, 4) is 17.5 Å². The summed E-state index contributed by atoms with van der Waals surface area (Å²) in [6.07, 6.45) is 3.84. The topological polar surface area (TPSA) is 66.8 Å². The molecule has 1 aliphatic rings. The number of halogens is 1. The molecule has 0 spiro atoms. The molecule has 0 amide bonds. The highest BCUT2D eigenvalue weighted by atomic mass is 35.5. The molecule has 4 heterocycles. The zero-order valence-electron chi connectivity index (χ0n) is 16.0. The molecule has 0 saturated carbocycles. The van der Waals surface area contributed by atoms with Gasteiger partial charge in [0.1, 0.15) is 0 Å². The fraction of sp³-hybridized carbons (Fsp3) is 0.333. The van der Waals surface area contributed by atoms with Crippen molar-refractivity contribution in [2.75, 3.05) is 13.1 Å². The minimum absolute atomic E-state index is 0.110. The van der Waals surface area contributed by atoms with Crippen LogP contribution in [-0.2, 0) is 0 Å². The lowest BCUT2D eigenvalue weighted by atomic mass is 9.95. The van der Waals surface area contributed by atoms with E-state index in [0.717, 1.165) is 36.4 Å². The summed E-state index contributed by atoms with van der Waals surface area (Å²) in [7, 11) is 0. The number of benzene rings is 1. The zero-order valence-corrected chi connectivity index (χ0v) is 17.5. The average Bonchev–Trinajstić information content (AvgIpc) is 3.44. The summed E-state index contributed by atoms with van der Waals surface area (Å²) in [5.74, 6) is 1.86. The molecule has 0 unspecified atom stereocenters. The van der Waals surface area contributed by atoms with E-state index in [1.54, 1.807) is 18.4 Å². The summed E-state index contributed by atoms with van der Waals surface area (Å²) in [4.78, 5) is 8.40. The molecule has 8 heteroatoms. The lowest BCUT2D eigenvalue weighted by molar-refractivity contribution is 0.157. The number of nitrogens with zero attached hydrogens (tertiary/aromatic N) is 4. The Morgan fingerprint density at radius 3 is 2.69 bits per heavy atom. The number of rotatable bonds is 4. The maximum atomic E-state index is 11.1. The quantitative estimate of drug-likeness (QED) is 0.482. The first-order valence-corrected chi connectivity index (χ1v) is 10.9. The van der Waals surface area contributed by atoms with Gasteiger partial charge in [0.2, 0.25) is 16.7 Å². The van der Waals surface area contributed by atoms with E-state index < -0.39 is 0 Å². The van der Waals surface area contributed by atoms with Gasteiger partial charge in [-0.25, -0.2) is 0 Å². The highest BCUT2D eigenvalue weighted by molar-refractivity contribution is 7.17. The SMILES string of the molecule is CC1CCN([C@H](c2ccccc2Cl)c2sc3nc(-c4ccco4)nn3c2O)CC1. The molecule has 1 saturated heterocycles. The smallest absolute Gasteiger partial charge is 0.230 e. The Hall–Kier alpha value is -2.35. The first kappa shape index (κ1) is 18.7. The van der Waals surface area contributed by atoms with Gasteiger partial charge in [0.05, 0.1) is 17.2 Å². The molecule has 6 nitrogen and oxygen atoms in total. The predicted octanol–water partition coefficient (Wildman–Crippen LogP) is 5.23. The number of aromatic hydroxyl groups is 1. The van der Waals surface area contributed by atoms with Gasteiger partial charge < -0.3 is 9.52 Å². The van der Waals surface area contributed by atoms with Crippen molar-refractivity contribution in [3.05, 3.63) is 58.1 Å². The first-order valence-electron chi connectivity index (χ1n) is 9.72. The van der Waals surface area contributed by atoms with Gasteiger partial charge in [0, 0.05) is 5.02 Å². The molecule has 4 aromatic rings. The van der Waals surface area contributed by atoms with Crippen molar-refractivity contribution in [1.29, 1.82) is 0 Å². The van der Waals surface area contributed by atoms with Crippen LogP contribution in [0.3, 0.4) is 0 Å². The normalized spacial score (nSPS) is 17.2. The molecule has 1 atom stereocenters. The van der Waals surface area contributed by atoms with Crippen molar-refractivity contribution >= 4 is 27.9 Å². The summed E-state index contributed by atoms with van der Waals surface area (Å²) in [6, 6.07) is 11.3. The zero-order chi connectivity index (χ0) is 20.0. The average molecular weight is 429 g/mol. The molecule has 1 fully saturated rings. The Bertz CT molecular complexity index is 1130. The number of thiazole rings is 1. The van der Waals surface area contributed by atoms with Crippen molar-refractivity contribution in [2.45, 2.75) is 25.8 Å². The molecular weight excluding hydrogens is 408 g/mol. The van der Waals surface area contributed by atoms with Gasteiger partial charge >= 0.3 is 0 Å². The summed E-state index contributed by atoms with van der Waals surface area (Å²) in [6.45, 7) is 4.21. The molecular formula is C21H21ClN4O2S. The van der Waals surface area contributed by atoms with Crippen LogP contribution in [0.2, 0.25) is 5.02 Å². The van der Waals surface area contributed by atoms with E-state index in [0.29, 0.717) is 27.5 Å². The van der Waals surface area contributed by atoms with Crippen LogP contribution in [0.15, 0.2) is 47.1 Å². The third-order valence-electron chi connectivity index (χ3n) is 5.57. The highest BCUT2D eigenvalue weighted by Gasteiger charge is 2.32. The van der Waals surface area contributed by atoms with Crippen molar-refractivity contribution < 1.29 is 9.52 Å². The number of furan rings is 1. The molecule has 1 N–H and O–H groups in total. The first-order chi connectivity index (χ1) is 14.1. The Morgan fingerprint density at radius 2 is 2.00 bits per heavy atom.